The van der Waals surface area contributed by atoms with Crippen LogP contribution in [0, 0.1) is 0 Å². The number of nitrogens with one attached hydrogen (secondary N) is 3. The molecule has 10 nitrogen and oxygen atoms in total. The van der Waals surface area contributed by atoms with Gasteiger partial charge in [-0.15, -0.1) is 0 Å². The summed E-state index contributed by atoms with van der Waals surface area (Å²) >= 11 is 0. The molecule has 10 heteroatoms. The average Bonchev–Trinajstić information content (AvgIpc) is 3.55. The van der Waals surface area contributed by atoms with Crippen molar-refractivity contribution in [1.29, 1.82) is 0 Å². The van der Waals surface area contributed by atoms with E-state index in [2.05, 4.69) is 40.2 Å². The van der Waals surface area contributed by atoms with Crippen LogP contribution in [0.3, 0.4) is 0 Å². The summed E-state index contributed by atoms with van der Waals surface area (Å²) in [5, 5.41) is 10.4. The zero-order chi connectivity index (χ0) is 27.6. The minimum atomic E-state index is -0.184. The van der Waals surface area contributed by atoms with Gasteiger partial charge in [0, 0.05) is 48.0 Å². The average molecular weight is 528 g/mol. The van der Waals surface area contributed by atoms with Gasteiger partial charge in [0.1, 0.15) is 11.6 Å². The highest BCUT2D eigenvalue weighted by molar-refractivity contribution is 5.78. The summed E-state index contributed by atoms with van der Waals surface area (Å²) in [6.07, 6.45) is 1.93. The van der Waals surface area contributed by atoms with Crippen molar-refractivity contribution in [3.8, 4) is 17.1 Å². The number of rotatable bonds is 8. The number of ether oxygens (including phenoxy) is 1. The van der Waals surface area contributed by atoms with Crippen molar-refractivity contribution < 1.29 is 14.3 Å². The summed E-state index contributed by atoms with van der Waals surface area (Å²) in [5.41, 5.74) is 7.38. The molecule has 0 spiro atoms. The van der Waals surface area contributed by atoms with Crippen molar-refractivity contribution in [2.75, 3.05) is 18.5 Å². The molecule has 0 fully saturated rings. The van der Waals surface area contributed by atoms with Gasteiger partial charge in [0.2, 0.25) is 5.91 Å². The summed E-state index contributed by atoms with van der Waals surface area (Å²) in [7, 11) is 0. The number of hydrogen-bond acceptors (Lipinski definition) is 8. The Morgan fingerprint density at radius 2 is 1.92 bits per heavy atom. The largest absolute Gasteiger partial charge is 0.484 e. The number of benzene rings is 2. The van der Waals surface area contributed by atoms with Crippen LogP contribution in [0.2, 0.25) is 0 Å². The first-order valence-electron chi connectivity index (χ1n) is 13.0. The first kappa shape index (κ1) is 26.1. The number of hydrogen-bond donors (Lipinski definition) is 3. The fraction of sp³-hybridized carbons (Fsp3) is 0.345. The second kappa shape index (κ2) is 10.7. The molecular formula is C29H33N7O3. The van der Waals surface area contributed by atoms with Gasteiger partial charge < -0.3 is 25.7 Å². The normalized spacial score (nSPS) is 17.6. The van der Waals surface area contributed by atoms with Crippen LogP contribution in [0.1, 0.15) is 44.5 Å². The van der Waals surface area contributed by atoms with E-state index in [1.165, 1.54) is 0 Å². The maximum absolute atomic E-state index is 12.2. The molecular weight excluding hydrogens is 494 g/mol. The van der Waals surface area contributed by atoms with Crippen molar-refractivity contribution in [2.45, 2.75) is 52.2 Å². The van der Waals surface area contributed by atoms with E-state index in [4.69, 9.17) is 14.7 Å². The Morgan fingerprint density at radius 1 is 1.13 bits per heavy atom. The molecule has 0 saturated carbocycles. The predicted molar refractivity (Wildman–Crippen MR) is 150 cm³/mol. The second-order valence-corrected chi connectivity index (χ2v) is 10.4. The van der Waals surface area contributed by atoms with E-state index in [9.17, 15) is 9.59 Å². The number of aromatic nitrogens is 2. The van der Waals surface area contributed by atoms with Crippen molar-refractivity contribution in [2.24, 2.45) is 5.10 Å². The second-order valence-electron chi connectivity index (χ2n) is 10.4. The highest BCUT2D eigenvalue weighted by Gasteiger charge is 2.29. The number of carbonyl (C=O) groups is 2. The van der Waals surface area contributed by atoms with Gasteiger partial charge in [-0.3, -0.25) is 9.59 Å². The molecule has 0 bridgehead atoms. The van der Waals surface area contributed by atoms with Crippen LogP contribution < -0.4 is 20.8 Å². The summed E-state index contributed by atoms with van der Waals surface area (Å²) in [4.78, 5) is 35.6. The lowest BCUT2D eigenvalue weighted by molar-refractivity contribution is -0.129. The van der Waals surface area contributed by atoms with Gasteiger partial charge in [0.05, 0.1) is 18.8 Å². The zero-order valence-corrected chi connectivity index (χ0v) is 22.6. The molecule has 1 aromatic heterocycles. The number of carbonyl (C=O) groups excluding carboxylic acids is 2. The van der Waals surface area contributed by atoms with Gasteiger partial charge in [-0.25, -0.2) is 9.97 Å². The van der Waals surface area contributed by atoms with E-state index < -0.39 is 0 Å². The molecule has 0 saturated heterocycles. The number of amides is 2. The van der Waals surface area contributed by atoms with Crippen LogP contribution >= 0.6 is 0 Å². The van der Waals surface area contributed by atoms with Crippen LogP contribution in [-0.2, 0) is 28.1 Å². The third kappa shape index (κ3) is 5.84. The summed E-state index contributed by atoms with van der Waals surface area (Å²) in [6, 6.07) is 15.6. The molecule has 0 radical (unpaired) electrons. The fourth-order valence-corrected chi connectivity index (χ4v) is 4.64. The molecule has 3 N–H and O–H groups in total. The maximum atomic E-state index is 12.2. The van der Waals surface area contributed by atoms with Crippen LogP contribution in [-0.4, -0.2) is 52.1 Å². The molecule has 202 valence electrons. The lowest BCUT2D eigenvalue weighted by atomic mass is 9.84. The first-order chi connectivity index (χ1) is 18.7. The van der Waals surface area contributed by atoms with E-state index in [1.807, 2.05) is 50.4 Å². The third-order valence-electron chi connectivity index (χ3n) is 6.83. The lowest BCUT2D eigenvalue weighted by Crippen LogP contribution is -2.34. The van der Waals surface area contributed by atoms with Gasteiger partial charge >= 0.3 is 0 Å². The van der Waals surface area contributed by atoms with Crippen molar-refractivity contribution in [3.05, 3.63) is 65.4 Å². The topological polar surface area (TPSA) is 121 Å². The molecule has 2 amide bonds. The molecule has 5 rings (SSSR count). The minimum Gasteiger partial charge on any atom is -0.484 e. The number of hydrazone groups is 1. The van der Waals surface area contributed by atoms with Crippen molar-refractivity contribution in [1.82, 2.24) is 25.6 Å². The van der Waals surface area contributed by atoms with E-state index in [0.29, 0.717) is 30.5 Å². The van der Waals surface area contributed by atoms with Crippen LogP contribution in [0.5, 0.6) is 5.75 Å². The molecule has 3 heterocycles. The van der Waals surface area contributed by atoms with Crippen LogP contribution in [0.4, 0.5) is 11.5 Å². The Morgan fingerprint density at radius 3 is 2.62 bits per heavy atom. The Labute approximate surface area is 227 Å². The number of fused-ring (bicyclic) bond motifs is 1. The Hall–Kier alpha value is -4.47. The molecule has 2 aliphatic rings. The quantitative estimate of drug-likeness (QED) is 0.410. The van der Waals surface area contributed by atoms with E-state index >= 15 is 0 Å². The van der Waals surface area contributed by atoms with Crippen molar-refractivity contribution in [3.63, 3.8) is 0 Å². The third-order valence-corrected chi connectivity index (χ3v) is 6.83. The zero-order valence-electron chi connectivity index (χ0n) is 22.6. The predicted octanol–water partition coefficient (Wildman–Crippen LogP) is 3.50. The Balaban J connectivity index is 1.42. The SMILES string of the molecule is CC(=O)N1Cc2nc(-c3cccc(OCC(=O)NC(C)C)c3)nc(Nc3ccc(C4(C)C=NNC4)cc3)c2C1. The molecule has 2 aliphatic heterocycles. The van der Waals surface area contributed by atoms with Gasteiger partial charge in [-0.05, 0) is 50.6 Å². The minimum absolute atomic E-state index is 0.0139. The Bertz CT molecular complexity index is 1420. The van der Waals surface area contributed by atoms with E-state index in [1.54, 1.807) is 17.9 Å². The summed E-state index contributed by atoms with van der Waals surface area (Å²) in [6.45, 7) is 9.05. The van der Waals surface area contributed by atoms with Crippen LogP contribution in [0.15, 0.2) is 53.6 Å². The number of anilines is 2. The van der Waals surface area contributed by atoms with Gasteiger partial charge in [-0.1, -0.05) is 24.3 Å². The standard InChI is InChI=1S/C29H33N7O3/c1-18(2)32-26(38)15-39-23-7-5-6-20(12-23)27-34-25-14-36(19(3)37)13-24(25)28(35-27)33-22-10-8-21(9-11-22)29(4)16-30-31-17-29/h5-12,16,18,31H,13-15,17H2,1-4H3,(H,32,38)(H,33,34,35). The lowest BCUT2D eigenvalue weighted by Gasteiger charge is -2.20. The maximum Gasteiger partial charge on any atom is 0.258 e. The first-order valence-corrected chi connectivity index (χ1v) is 13.0. The smallest absolute Gasteiger partial charge is 0.258 e. The monoisotopic (exact) mass is 527 g/mol. The summed E-state index contributed by atoms with van der Waals surface area (Å²) in [5.74, 6) is 1.52. The fourth-order valence-electron chi connectivity index (χ4n) is 4.64. The number of nitrogens with zero attached hydrogens (tertiary/aromatic N) is 4. The van der Waals surface area contributed by atoms with Gasteiger partial charge in [0.25, 0.3) is 5.91 Å². The summed E-state index contributed by atoms with van der Waals surface area (Å²) < 4.78 is 5.71. The molecule has 2 aromatic carbocycles. The van der Waals surface area contributed by atoms with E-state index in [-0.39, 0.29) is 29.9 Å². The van der Waals surface area contributed by atoms with Crippen molar-refractivity contribution >= 4 is 29.5 Å². The molecule has 1 atom stereocenters. The Kier molecular flexibility index (Phi) is 7.19. The van der Waals surface area contributed by atoms with Gasteiger partial charge in [-0.2, -0.15) is 5.10 Å². The highest BCUT2D eigenvalue weighted by Crippen LogP contribution is 2.33. The van der Waals surface area contributed by atoms with Gasteiger partial charge in [0.15, 0.2) is 12.4 Å². The molecule has 3 aromatic rings. The van der Waals surface area contributed by atoms with Crippen LogP contribution in [0.25, 0.3) is 11.4 Å². The van der Waals surface area contributed by atoms with E-state index in [0.717, 1.165) is 34.6 Å². The molecule has 39 heavy (non-hydrogen) atoms. The molecule has 0 aliphatic carbocycles. The molecule has 1 unspecified atom stereocenters. The highest BCUT2D eigenvalue weighted by atomic mass is 16.5.